The van der Waals surface area contributed by atoms with Crippen LogP contribution < -0.4 is 4.74 Å². The molecule has 0 unspecified atom stereocenters. The monoisotopic (exact) mass is 343 g/mol. The van der Waals surface area contributed by atoms with Crippen molar-refractivity contribution in [3.05, 3.63) is 101 Å². The number of ether oxygens (including phenoxy) is 2. The molecule has 0 amide bonds. The molecule has 128 valence electrons. The van der Waals surface area contributed by atoms with Crippen LogP contribution >= 0.6 is 0 Å². The van der Waals surface area contributed by atoms with Gasteiger partial charge in [-0.2, -0.15) is 5.26 Å². The molecule has 0 aliphatic carbocycles. The number of rotatable bonds is 6. The van der Waals surface area contributed by atoms with Crippen LogP contribution in [0.4, 0.5) is 0 Å². The average molecular weight is 343 g/mol. The summed E-state index contributed by atoms with van der Waals surface area (Å²) in [5.74, 6) is 0.420. The first-order valence-corrected chi connectivity index (χ1v) is 8.17. The van der Waals surface area contributed by atoms with Crippen molar-refractivity contribution in [2.24, 2.45) is 0 Å². The van der Waals surface area contributed by atoms with E-state index in [1.54, 1.807) is 36.4 Å². The van der Waals surface area contributed by atoms with E-state index in [0.717, 1.165) is 16.9 Å². The summed E-state index contributed by atoms with van der Waals surface area (Å²) in [6, 6.07) is 25.7. The number of hydrogen-bond acceptors (Lipinski definition) is 4. The summed E-state index contributed by atoms with van der Waals surface area (Å²) in [7, 11) is 0. The van der Waals surface area contributed by atoms with Crippen molar-refractivity contribution in [2.75, 3.05) is 0 Å². The number of nitrogens with zero attached hydrogens (tertiary/aromatic N) is 1. The summed E-state index contributed by atoms with van der Waals surface area (Å²) >= 11 is 0. The highest BCUT2D eigenvalue weighted by molar-refractivity contribution is 5.89. The van der Waals surface area contributed by atoms with Crippen LogP contribution in [0.25, 0.3) is 0 Å². The van der Waals surface area contributed by atoms with E-state index >= 15 is 0 Å². The van der Waals surface area contributed by atoms with Gasteiger partial charge in [-0.1, -0.05) is 42.5 Å². The third-order valence-corrected chi connectivity index (χ3v) is 3.79. The van der Waals surface area contributed by atoms with Crippen LogP contribution in [0.5, 0.6) is 5.75 Å². The Kier molecular flexibility index (Phi) is 5.64. The topological polar surface area (TPSA) is 59.3 Å². The quantitative estimate of drug-likeness (QED) is 0.619. The summed E-state index contributed by atoms with van der Waals surface area (Å²) in [5.41, 5.74) is 2.87. The fourth-order valence-electron chi connectivity index (χ4n) is 2.33. The molecule has 0 aliphatic heterocycles. The molecule has 3 rings (SSSR count). The van der Waals surface area contributed by atoms with Gasteiger partial charge in [-0.05, 0) is 47.5 Å². The lowest BCUT2D eigenvalue weighted by Crippen LogP contribution is -2.05. The smallest absolute Gasteiger partial charge is 0.338 e. The van der Waals surface area contributed by atoms with Crippen molar-refractivity contribution >= 4 is 5.97 Å². The van der Waals surface area contributed by atoms with E-state index in [0.29, 0.717) is 17.7 Å². The molecule has 4 heteroatoms. The fourth-order valence-corrected chi connectivity index (χ4v) is 2.33. The number of benzene rings is 3. The van der Waals surface area contributed by atoms with Gasteiger partial charge in [-0.3, -0.25) is 0 Å². The first-order chi connectivity index (χ1) is 12.7. The third kappa shape index (κ3) is 4.71. The Morgan fingerprint density at radius 1 is 0.808 bits per heavy atom. The molecule has 0 aromatic heterocycles. The summed E-state index contributed by atoms with van der Waals surface area (Å²) < 4.78 is 11.0. The summed E-state index contributed by atoms with van der Waals surface area (Å²) in [5, 5.41) is 8.78. The van der Waals surface area contributed by atoms with E-state index in [-0.39, 0.29) is 12.6 Å². The van der Waals surface area contributed by atoms with Crippen LogP contribution in [0.1, 0.15) is 27.0 Å². The van der Waals surface area contributed by atoms with Gasteiger partial charge in [0.1, 0.15) is 19.0 Å². The molecule has 0 aliphatic rings. The number of carbonyl (C=O) groups is 1. The SMILES string of the molecule is N#Cc1ccc(COC(=O)c2ccc(COc3ccccc3)cc2)cc1. The van der Waals surface area contributed by atoms with E-state index in [1.165, 1.54) is 0 Å². The Morgan fingerprint density at radius 2 is 1.42 bits per heavy atom. The van der Waals surface area contributed by atoms with E-state index in [4.69, 9.17) is 14.7 Å². The predicted octanol–water partition coefficient (Wildman–Crippen LogP) is 4.49. The van der Waals surface area contributed by atoms with Crippen LogP contribution in [-0.4, -0.2) is 5.97 Å². The third-order valence-electron chi connectivity index (χ3n) is 3.79. The van der Waals surface area contributed by atoms with Gasteiger partial charge in [0.15, 0.2) is 0 Å². The predicted molar refractivity (Wildman–Crippen MR) is 97.5 cm³/mol. The van der Waals surface area contributed by atoms with E-state index in [1.807, 2.05) is 42.5 Å². The average Bonchev–Trinajstić information content (AvgIpc) is 2.72. The second-order valence-electron chi connectivity index (χ2n) is 5.68. The van der Waals surface area contributed by atoms with Crippen LogP contribution in [0.3, 0.4) is 0 Å². The van der Waals surface area contributed by atoms with Crippen molar-refractivity contribution in [1.29, 1.82) is 5.26 Å². The molecule has 3 aromatic rings. The first-order valence-electron chi connectivity index (χ1n) is 8.17. The van der Waals surface area contributed by atoms with Crippen molar-refractivity contribution in [1.82, 2.24) is 0 Å². The van der Waals surface area contributed by atoms with Gasteiger partial charge in [0, 0.05) is 0 Å². The largest absolute Gasteiger partial charge is 0.489 e. The molecule has 26 heavy (non-hydrogen) atoms. The number of nitriles is 1. The molecular formula is C22H17NO3. The van der Waals surface area contributed by atoms with Gasteiger partial charge in [-0.15, -0.1) is 0 Å². The van der Waals surface area contributed by atoms with Crippen LogP contribution in [0.15, 0.2) is 78.9 Å². The minimum absolute atomic E-state index is 0.170. The van der Waals surface area contributed by atoms with Gasteiger partial charge < -0.3 is 9.47 Å². The minimum Gasteiger partial charge on any atom is -0.489 e. The molecule has 0 saturated heterocycles. The Balaban J connectivity index is 1.52. The van der Waals surface area contributed by atoms with E-state index < -0.39 is 0 Å². The number of esters is 1. The van der Waals surface area contributed by atoms with Gasteiger partial charge in [-0.25, -0.2) is 4.79 Å². The molecule has 0 saturated carbocycles. The normalized spacial score (nSPS) is 9.96. The van der Waals surface area contributed by atoms with Crippen molar-refractivity contribution in [2.45, 2.75) is 13.2 Å². The summed E-state index contributed by atoms with van der Waals surface area (Å²) in [4.78, 5) is 12.1. The Labute approximate surface area is 152 Å². The lowest BCUT2D eigenvalue weighted by Gasteiger charge is -2.08. The molecule has 4 nitrogen and oxygen atoms in total. The number of carbonyl (C=O) groups excluding carboxylic acids is 1. The molecule has 0 N–H and O–H groups in total. The number of para-hydroxylation sites is 1. The maximum atomic E-state index is 12.1. The zero-order valence-electron chi connectivity index (χ0n) is 14.1. The Morgan fingerprint density at radius 3 is 2.08 bits per heavy atom. The van der Waals surface area contributed by atoms with Gasteiger partial charge >= 0.3 is 5.97 Å². The maximum Gasteiger partial charge on any atom is 0.338 e. The maximum absolute atomic E-state index is 12.1. The first kappa shape index (κ1) is 17.2. The molecule has 0 fully saturated rings. The molecule has 0 spiro atoms. The Bertz CT molecular complexity index is 895. The standard InChI is InChI=1S/C22H17NO3/c23-14-17-6-8-18(9-7-17)16-26-22(24)20-12-10-19(11-13-20)15-25-21-4-2-1-3-5-21/h1-13H,15-16H2. The van der Waals surface area contributed by atoms with Crippen LogP contribution in [0.2, 0.25) is 0 Å². The number of hydrogen-bond donors (Lipinski definition) is 0. The van der Waals surface area contributed by atoms with E-state index in [9.17, 15) is 4.79 Å². The van der Waals surface area contributed by atoms with Gasteiger partial charge in [0.2, 0.25) is 0 Å². The summed E-state index contributed by atoms with van der Waals surface area (Å²) in [6.45, 7) is 0.605. The summed E-state index contributed by atoms with van der Waals surface area (Å²) in [6.07, 6.45) is 0. The lowest BCUT2D eigenvalue weighted by molar-refractivity contribution is 0.0472. The van der Waals surface area contributed by atoms with Crippen molar-refractivity contribution in [3.63, 3.8) is 0 Å². The highest BCUT2D eigenvalue weighted by Gasteiger charge is 2.07. The molecular weight excluding hydrogens is 326 g/mol. The zero-order chi connectivity index (χ0) is 18.2. The zero-order valence-corrected chi connectivity index (χ0v) is 14.1. The van der Waals surface area contributed by atoms with Crippen LogP contribution in [0, 0.1) is 11.3 Å². The lowest BCUT2D eigenvalue weighted by atomic mass is 10.1. The van der Waals surface area contributed by atoms with Gasteiger partial charge in [0.05, 0.1) is 17.2 Å². The molecule has 0 atom stereocenters. The highest BCUT2D eigenvalue weighted by atomic mass is 16.5. The second kappa shape index (κ2) is 8.50. The van der Waals surface area contributed by atoms with Crippen molar-refractivity contribution in [3.8, 4) is 11.8 Å². The van der Waals surface area contributed by atoms with Gasteiger partial charge in [0.25, 0.3) is 0 Å². The van der Waals surface area contributed by atoms with Crippen molar-refractivity contribution < 1.29 is 14.3 Å². The van der Waals surface area contributed by atoms with Crippen LogP contribution in [-0.2, 0) is 18.0 Å². The molecule has 3 aromatic carbocycles. The fraction of sp³-hybridized carbons (Fsp3) is 0.0909. The second-order valence-corrected chi connectivity index (χ2v) is 5.68. The highest BCUT2D eigenvalue weighted by Crippen LogP contribution is 2.13. The Hall–Kier alpha value is -3.58. The molecule has 0 heterocycles. The van der Waals surface area contributed by atoms with E-state index in [2.05, 4.69) is 6.07 Å². The molecule has 0 bridgehead atoms. The minimum atomic E-state index is -0.384. The molecule has 0 radical (unpaired) electrons.